The van der Waals surface area contributed by atoms with Crippen molar-refractivity contribution in [2.75, 3.05) is 18.4 Å². The van der Waals surface area contributed by atoms with Crippen LogP contribution in [0.4, 0.5) is 5.82 Å². The first-order chi connectivity index (χ1) is 9.92. The highest BCUT2D eigenvalue weighted by Gasteiger charge is 2.32. The van der Waals surface area contributed by atoms with E-state index in [2.05, 4.69) is 36.1 Å². The Balaban J connectivity index is 1.72. The fourth-order valence-electron chi connectivity index (χ4n) is 2.69. The maximum absolute atomic E-state index is 12.1. The Morgan fingerprint density at radius 2 is 2.24 bits per heavy atom. The molecule has 2 aromatic heterocycles. The molecule has 1 fully saturated rings. The maximum Gasteiger partial charge on any atom is 0.224 e. The molecule has 1 atom stereocenters. The van der Waals surface area contributed by atoms with Crippen molar-refractivity contribution in [3.8, 4) is 0 Å². The molecule has 3 heterocycles. The van der Waals surface area contributed by atoms with E-state index in [9.17, 15) is 4.79 Å². The predicted octanol–water partition coefficient (Wildman–Crippen LogP) is 2.75. The zero-order valence-corrected chi connectivity index (χ0v) is 13.4. The second kappa shape index (κ2) is 5.26. The molecule has 1 amide bonds. The molecule has 0 bridgehead atoms. The van der Waals surface area contributed by atoms with Crippen molar-refractivity contribution in [2.24, 2.45) is 5.41 Å². The number of amides is 1. The summed E-state index contributed by atoms with van der Waals surface area (Å²) in [5, 5.41) is 6.45. The number of likely N-dealkylation sites (tertiary alicyclic amines) is 1. The van der Waals surface area contributed by atoms with Gasteiger partial charge in [0.2, 0.25) is 5.91 Å². The van der Waals surface area contributed by atoms with Crippen LogP contribution in [-0.4, -0.2) is 39.9 Å². The summed E-state index contributed by atoms with van der Waals surface area (Å²) in [4.78, 5) is 23.6. The van der Waals surface area contributed by atoms with Crippen molar-refractivity contribution < 1.29 is 4.79 Å². The second-order valence-corrected chi connectivity index (χ2v) is 7.64. The third kappa shape index (κ3) is 3.15. The van der Waals surface area contributed by atoms with Gasteiger partial charge in [0.1, 0.15) is 17.0 Å². The average Bonchev–Trinajstić information content (AvgIpc) is 2.96. The third-order valence-corrected chi connectivity index (χ3v) is 4.30. The van der Waals surface area contributed by atoms with E-state index in [-0.39, 0.29) is 17.4 Å². The number of nitrogens with one attached hydrogen (secondary N) is 1. The minimum atomic E-state index is 0.123. The van der Waals surface area contributed by atoms with Crippen molar-refractivity contribution in [2.45, 2.75) is 33.2 Å². The number of carbonyl (C=O) groups is 1. The van der Waals surface area contributed by atoms with E-state index in [0.29, 0.717) is 6.42 Å². The van der Waals surface area contributed by atoms with Crippen LogP contribution in [0.1, 0.15) is 27.2 Å². The highest BCUT2D eigenvalue weighted by molar-refractivity contribution is 7.16. The Labute approximate surface area is 128 Å². The van der Waals surface area contributed by atoms with Crippen molar-refractivity contribution in [1.29, 1.82) is 0 Å². The summed E-state index contributed by atoms with van der Waals surface area (Å²) in [6, 6.07) is 2.14. The first kappa shape index (κ1) is 14.3. The van der Waals surface area contributed by atoms with Crippen LogP contribution in [0.25, 0.3) is 10.2 Å². The predicted molar refractivity (Wildman–Crippen MR) is 85.5 cm³/mol. The van der Waals surface area contributed by atoms with Gasteiger partial charge in [0.05, 0.1) is 11.4 Å². The molecule has 0 aliphatic carbocycles. The first-order valence-corrected chi connectivity index (χ1v) is 8.03. The summed E-state index contributed by atoms with van der Waals surface area (Å²) < 4.78 is 0. The summed E-state index contributed by atoms with van der Waals surface area (Å²) in [5.41, 5.74) is 0.125. The Morgan fingerprint density at radius 3 is 3.00 bits per heavy atom. The molecule has 6 heteroatoms. The Bertz CT molecular complexity index is 661. The van der Waals surface area contributed by atoms with Gasteiger partial charge >= 0.3 is 0 Å². The van der Waals surface area contributed by atoms with E-state index in [1.807, 2.05) is 16.3 Å². The third-order valence-electron chi connectivity index (χ3n) is 3.48. The molecule has 112 valence electrons. The smallest absolute Gasteiger partial charge is 0.224 e. The number of nitrogens with zero attached hydrogens (tertiary/aromatic N) is 3. The zero-order valence-electron chi connectivity index (χ0n) is 12.6. The second-order valence-electron chi connectivity index (χ2n) is 6.74. The minimum Gasteiger partial charge on any atom is -0.364 e. The molecule has 0 spiro atoms. The molecule has 0 aromatic carbocycles. The molecule has 0 unspecified atom stereocenters. The van der Waals surface area contributed by atoms with Gasteiger partial charge in [-0.3, -0.25) is 4.79 Å². The molecule has 1 aliphatic heterocycles. The number of hydrogen-bond acceptors (Lipinski definition) is 5. The quantitative estimate of drug-likeness (QED) is 0.947. The van der Waals surface area contributed by atoms with E-state index in [4.69, 9.17) is 0 Å². The number of hydrogen-bond donors (Lipinski definition) is 1. The summed E-state index contributed by atoms with van der Waals surface area (Å²) in [5.74, 6) is 1.05. The Kier molecular flexibility index (Phi) is 3.57. The monoisotopic (exact) mass is 304 g/mol. The van der Waals surface area contributed by atoms with Crippen molar-refractivity contribution >= 4 is 33.3 Å². The van der Waals surface area contributed by atoms with Crippen LogP contribution in [0.2, 0.25) is 0 Å². The van der Waals surface area contributed by atoms with Gasteiger partial charge in [-0.2, -0.15) is 0 Å². The number of rotatable bonds is 3. The van der Waals surface area contributed by atoms with E-state index in [0.717, 1.165) is 29.1 Å². The lowest BCUT2D eigenvalue weighted by Gasteiger charge is -2.26. The first-order valence-electron chi connectivity index (χ1n) is 7.15. The van der Waals surface area contributed by atoms with E-state index in [1.165, 1.54) is 0 Å². The van der Waals surface area contributed by atoms with Gasteiger partial charge in [-0.05, 0) is 16.9 Å². The molecule has 5 nitrogen and oxygen atoms in total. The molecular formula is C15H20N4OS. The number of aromatic nitrogens is 2. The van der Waals surface area contributed by atoms with E-state index >= 15 is 0 Å². The molecular weight excluding hydrogens is 284 g/mol. The molecule has 21 heavy (non-hydrogen) atoms. The van der Waals surface area contributed by atoms with E-state index in [1.54, 1.807) is 17.7 Å². The zero-order chi connectivity index (χ0) is 15.0. The number of anilines is 1. The standard InChI is InChI=1S/C15H20N4OS/c1-15(2,3)8-19-7-10(6-12(19)20)18-13-11-4-5-21-14(11)17-9-16-13/h4-5,9-10H,6-8H2,1-3H3,(H,16,17,18)/t10-/m0/s1. The molecule has 2 aromatic rings. The van der Waals surface area contributed by atoms with Crippen LogP contribution >= 0.6 is 11.3 Å². The highest BCUT2D eigenvalue weighted by atomic mass is 32.1. The fourth-order valence-corrected chi connectivity index (χ4v) is 3.43. The summed E-state index contributed by atoms with van der Waals surface area (Å²) in [6.07, 6.45) is 2.11. The van der Waals surface area contributed by atoms with Crippen LogP contribution < -0.4 is 5.32 Å². The van der Waals surface area contributed by atoms with E-state index < -0.39 is 0 Å². The summed E-state index contributed by atoms with van der Waals surface area (Å²) in [6.45, 7) is 7.99. The van der Waals surface area contributed by atoms with Crippen LogP contribution in [-0.2, 0) is 4.79 Å². The molecule has 0 saturated carbocycles. The van der Waals surface area contributed by atoms with Crippen molar-refractivity contribution in [3.63, 3.8) is 0 Å². The number of carbonyl (C=O) groups excluding carboxylic acids is 1. The molecule has 1 saturated heterocycles. The highest BCUT2D eigenvalue weighted by Crippen LogP contribution is 2.26. The van der Waals surface area contributed by atoms with Gasteiger partial charge < -0.3 is 10.2 Å². The normalized spacial score (nSPS) is 19.5. The van der Waals surface area contributed by atoms with Crippen LogP contribution in [0.3, 0.4) is 0 Å². The summed E-state index contributed by atoms with van der Waals surface area (Å²) in [7, 11) is 0. The largest absolute Gasteiger partial charge is 0.364 e. The van der Waals surface area contributed by atoms with Gasteiger partial charge in [0, 0.05) is 19.5 Å². The Hall–Kier alpha value is -1.69. The van der Waals surface area contributed by atoms with Crippen LogP contribution in [0, 0.1) is 5.41 Å². The lowest BCUT2D eigenvalue weighted by atomic mass is 9.96. The van der Waals surface area contributed by atoms with Gasteiger partial charge in [-0.1, -0.05) is 20.8 Å². The summed E-state index contributed by atoms with van der Waals surface area (Å²) >= 11 is 1.60. The molecule has 0 radical (unpaired) electrons. The minimum absolute atomic E-state index is 0.123. The Morgan fingerprint density at radius 1 is 1.43 bits per heavy atom. The van der Waals surface area contributed by atoms with Crippen LogP contribution in [0.5, 0.6) is 0 Å². The van der Waals surface area contributed by atoms with Gasteiger partial charge in [-0.15, -0.1) is 11.3 Å². The lowest BCUT2D eigenvalue weighted by Crippen LogP contribution is -2.35. The number of fused-ring (bicyclic) bond motifs is 1. The molecule has 1 aliphatic rings. The molecule has 3 rings (SSSR count). The lowest BCUT2D eigenvalue weighted by molar-refractivity contribution is -0.128. The molecule has 1 N–H and O–H groups in total. The SMILES string of the molecule is CC(C)(C)CN1C[C@@H](Nc2ncnc3sccc23)CC1=O. The average molecular weight is 304 g/mol. The van der Waals surface area contributed by atoms with Gasteiger partial charge in [-0.25, -0.2) is 9.97 Å². The van der Waals surface area contributed by atoms with Crippen LogP contribution in [0.15, 0.2) is 17.8 Å². The van der Waals surface area contributed by atoms with Gasteiger partial charge in [0.15, 0.2) is 0 Å². The van der Waals surface area contributed by atoms with Crippen molar-refractivity contribution in [1.82, 2.24) is 14.9 Å². The maximum atomic E-state index is 12.1. The topological polar surface area (TPSA) is 58.1 Å². The van der Waals surface area contributed by atoms with Gasteiger partial charge in [0.25, 0.3) is 0 Å². The van der Waals surface area contributed by atoms with Crippen molar-refractivity contribution in [3.05, 3.63) is 17.8 Å². The number of thiophene rings is 1. The fraction of sp³-hybridized carbons (Fsp3) is 0.533.